The van der Waals surface area contributed by atoms with Crippen molar-refractivity contribution in [2.45, 2.75) is 32.0 Å². The molecule has 0 fully saturated rings. The highest BCUT2D eigenvalue weighted by Gasteiger charge is 2.28. The van der Waals surface area contributed by atoms with Crippen molar-refractivity contribution >= 4 is 17.2 Å². The first kappa shape index (κ1) is 17.1. The van der Waals surface area contributed by atoms with E-state index < -0.39 is 0 Å². The van der Waals surface area contributed by atoms with Crippen LogP contribution < -0.4 is 5.32 Å². The molecule has 5 nitrogen and oxygen atoms in total. The Morgan fingerprint density at radius 1 is 1.50 bits per heavy atom. The van der Waals surface area contributed by atoms with Gasteiger partial charge in [0, 0.05) is 26.1 Å². The number of nitrogens with one attached hydrogen (secondary N) is 1. The van der Waals surface area contributed by atoms with Gasteiger partial charge >= 0.3 is 0 Å². The standard InChI is InChI=1S/C18H23N3O2S/c1-12(23-3)17-20-14(11-24-17)10-21(2)18(22)16-15-7-5-4-6-13(15)8-9-19-16/h4-7,11-12,16,19H,8-10H2,1-3H3/t12-,16+/m1/s1. The molecule has 1 aliphatic rings. The third-order valence-electron chi connectivity index (χ3n) is 4.40. The zero-order valence-corrected chi connectivity index (χ0v) is 15.1. The molecule has 2 atom stereocenters. The lowest BCUT2D eigenvalue weighted by Gasteiger charge is -2.29. The number of methoxy groups -OCH3 is 1. The minimum absolute atomic E-state index is 0.0170. The molecule has 0 saturated heterocycles. The maximum Gasteiger partial charge on any atom is 0.244 e. The number of fused-ring (bicyclic) bond motifs is 1. The first-order valence-corrected chi connectivity index (χ1v) is 9.01. The summed E-state index contributed by atoms with van der Waals surface area (Å²) in [5.74, 6) is 0.0801. The average molecular weight is 345 g/mol. The minimum atomic E-state index is -0.268. The Morgan fingerprint density at radius 3 is 3.08 bits per heavy atom. The molecule has 3 rings (SSSR count). The number of thiazole rings is 1. The van der Waals surface area contributed by atoms with Gasteiger partial charge in [0.1, 0.15) is 17.2 Å². The van der Waals surface area contributed by atoms with E-state index in [0.29, 0.717) is 6.54 Å². The molecule has 1 aromatic heterocycles. The summed E-state index contributed by atoms with van der Waals surface area (Å²) in [5, 5.41) is 6.28. The van der Waals surface area contributed by atoms with Crippen molar-refractivity contribution in [1.29, 1.82) is 0 Å². The molecular formula is C18H23N3O2S. The third kappa shape index (κ3) is 3.50. The van der Waals surface area contributed by atoms with Crippen LogP contribution in [0.1, 0.15) is 40.9 Å². The first-order chi connectivity index (χ1) is 11.6. The molecule has 1 N–H and O–H groups in total. The number of hydrogen-bond acceptors (Lipinski definition) is 5. The molecule has 2 aromatic rings. The average Bonchev–Trinajstić information content (AvgIpc) is 3.08. The van der Waals surface area contributed by atoms with Gasteiger partial charge in [-0.25, -0.2) is 4.98 Å². The largest absolute Gasteiger partial charge is 0.375 e. The Hall–Kier alpha value is -1.76. The lowest BCUT2D eigenvalue weighted by molar-refractivity contribution is -0.133. The molecule has 1 aromatic carbocycles. The Bertz CT molecular complexity index is 716. The van der Waals surface area contributed by atoms with Crippen LogP contribution in [0.25, 0.3) is 0 Å². The molecule has 0 aliphatic carbocycles. The van der Waals surface area contributed by atoms with Crippen LogP contribution in [0.5, 0.6) is 0 Å². The number of carbonyl (C=O) groups is 1. The van der Waals surface area contributed by atoms with E-state index in [0.717, 1.165) is 29.2 Å². The highest BCUT2D eigenvalue weighted by molar-refractivity contribution is 7.09. The second-order valence-corrected chi connectivity index (χ2v) is 6.97. The third-order valence-corrected chi connectivity index (χ3v) is 5.46. The maximum atomic E-state index is 12.9. The number of rotatable bonds is 5. The molecule has 2 heterocycles. The lowest BCUT2D eigenvalue weighted by Crippen LogP contribution is -2.42. The Balaban J connectivity index is 1.70. The van der Waals surface area contributed by atoms with E-state index in [4.69, 9.17) is 4.74 Å². The fraction of sp³-hybridized carbons (Fsp3) is 0.444. The van der Waals surface area contributed by atoms with E-state index in [9.17, 15) is 4.79 Å². The van der Waals surface area contributed by atoms with Gasteiger partial charge in [-0.2, -0.15) is 0 Å². The zero-order valence-electron chi connectivity index (χ0n) is 14.3. The summed E-state index contributed by atoms with van der Waals surface area (Å²) in [7, 11) is 3.51. The highest BCUT2D eigenvalue weighted by atomic mass is 32.1. The van der Waals surface area contributed by atoms with Crippen LogP contribution in [0.15, 0.2) is 29.6 Å². The van der Waals surface area contributed by atoms with Gasteiger partial charge in [-0.05, 0) is 24.5 Å². The molecule has 0 bridgehead atoms. The van der Waals surface area contributed by atoms with Crippen LogP contribution in [-0.2, 0) is 22.5 Å². The van der Waals surface area contributed by atoms with Crippen LogP contribution in [-0.4, -0.2) is 36.5 Å². The van der Waals surface area contributed by atoms with Gasteiger partial charge in [-0.1, -0.05) is 24.3 Å². The Kier molecular flexibility index (Phi) is 5.28. The van der Waals surface area contributed by atoms with Crippen molar-refractivity contribution in [1.82, 2.24) is 15.2 Å². The molecule has 1 aliphatic heterocycles. The van der Waals surface area contributed by atoms with Crippen LogP contribution in [0.4, 0.5) is 0 Å². The van der Waals surface area contributed by atoms with E-state index >= 15 is 0 Å². The van der Waals surface area contributed by atoms with E-state index in [1.807, 2.05) is 37.6 Å². The number of nitrogens with zero attached hydrogens (tertiary/aromatic N) is 2. The number of aromatic nitrogens is 1. The fourth-order valence-corrected chi connectivity index (χ4v) is 3.79. The van der Waals surface area contributed by atoms with E-state index in [1.54, 1.807) is 23.3 Å². The number of likely N-dealkylation sites (N-methyl/N-ethyl adjacent to an activating group) is 1. The molecule has 0 spiro atoms. The van der Waals surface area contributed by atoms with Gasteiger partial charge in [-0.15, -0.1) is 11.3 Å². The quantitative estimate of drug-likeness (QED) is 0.905. The van der Waals surface area contributed by atoms with Crippen LogP contribution in [0.3, 0.4) is 0 Å². The van der Waals surface area contributed by atoms with Gasteiger partial charge in [0.25, 0.3) is 0 Å². The molecule has 6 heteroatoms. The number of carbonyl (C=O) groups excluding carboxylic acids is 1. The molecule has 128 valence electrons. The van der Waals surface area contributed by atoms with Crippen molar-refractivity contribution in [3.8, 4) is 0 Å². The van der Waals surface area contributed by atoms with Gasteiger partial charge in [0.15, 0.2) is 0 Å². The predicted molar refractivity (Wildman–Crippen MR) is 94.9 cm³/mol. The van der Waals surface area contributed by atoms with Crippen molar-refractivity contribution < 1.29 is 9.53 Å². The summed E-state index contributed by atoms with van der Waals surface area (Å²) in [6.07, 6.45) is 0.949. The minimum Gasteiger partial charge on any atom is -0.375 e. The molecule has 1 amide bonds. The fourth-order valence-electron chi connectivity index (χ4n) is 2.95. The van der Waals surface area contributed by atoms with Gasteiger partial charge in [-0.3, -0.25) is 4.79 Å². The van der Waals surface area contributed by atoms with Crippen molar-refractivity contribution in [2.75, 3.05) is 20.7 Å². The summed E-state index contributed by atoms with van der Waals surface area (Å²) < 4.78 is 5.29. The highest BCUT2D eigenvalue weighted by Crippen LogP contribution is 2.25. The smallest absolute Gasteiger partial charge is 0.244 e. The van der Waals surface area contributed by atoms with Gasteiger partial charge in [0.05, 0.1) is 12.2 Å². The van der Waals surface area contributed by atoms with E-state index in [-0.39, 0.29) is 18.1 Å². The Morgan fingerprint density at radius 2 is 2.29 bits per heavy atom. The van der Waals surface area contributed by atoms with Crippen molar-refractivity contribution in [3.05, 3.63) is 51.5 Å². The van der Waals surface area contributed by atoms with Crippen molar-refractivity contribution in [2.24, 2.45) is 0 Å². The number of benzene rings is 1. The van der Waals surface area contributed by atoms with Crippen LogP contribution >= 0.6 is 11.3 Å². The second-order valence-electron chi connectivity index (χ2n) is 6.09. The molecule has 0 radical (unpaired) electrons. The Labute approximate surface area is 146 Å². The van der Waals surface area contributed by atoms with E-state index in [2.05, 4.69) is 16.4 Å². The lowest BCUT2D eigenvalue weighted by atomic mass is 9.93. The second kappa shape index (κ2) is 7.42. The predicted octanol–water partition coefficient (Wildman–Crippen LogP) is 2.70. The van der Waals surface area contributed by atoms with Crippen molar-refractivity contribution in [3.63, 3.8) is 0 Å². The first-order valence-electron chi connectivity index (χ1n) is 8.13. The van der Waals surface area contributed by atoms with Crippen LogP contribution in [0, 0.1) is 0 Å². The molecular weight excluding hydrogens is 322 g/mol. The SMILES string of the molecule is CO[C@H](C)c1nc(CN(C)C(=O)[C@H]2NCCc3ccccc32)cs1. The molecule has 0 unspecified atom stereocenters. The maximum absolute atomic E-state index is 12.9. The van der Waals surface area contributed by atoms with Gasteiger partial charge < -0.3 is 15.0 Å². The number of hydrogen-bond donors (Lipinski definition) is 1. The summed E-state index contributed by atoms with van der Waals surface area (Å²) in [5.41, 5.74) is 3.25. The molecule has 24 heavy (non-hydrogen) atoms. The summed E-state index contributed by atoms with van der Waals surface area (Å²) >= 11 is 1.57. The number of amides is 1. The van der Waals surface area contributed by atoms with Gasteiger partial charge in [0.2, 0.25) is 5.91 Å². The summed E-state index contributed by atoms with van der Waals surface area (Å²) in [6, 6.07) is 7.90. The number of ether oxygens (including phenoxy) is 1. The summed E-state index contributed by atoms with van der Waals surface area (Å²) in [6.45, 7) is 3.31. The summed E-state index contributed by atoms with van der Waals surface area (Å²) in [4.78, 5) is 19.2. The molecule has 0 saturated carbocycles. The normalized spacial score (nSPS) is 18.0. The van der Waals surface area contributed by atoms with E-state index in [1.165, 1.54) is 5.56 Å². The van der Waals surface area contributed by atoms with Crippen LogP contribution in [0.2, 0.25) is 0 Å². The topological polar surface area (TPSA) is 54.5 Å². The monoisotopic (exact) mass is 345 g/mol. The zero-order chi connectivity index (χ0) is 17.1.